The maximum absolute atomic E-state index is 7.24. The first-order valence-corrected chi connectivity index (χ1v) is 22.6. The Kier molecular flexibility index (Phi) is 7.50. The van der Waals surface area contributed by atoms with E-state index in [2.05, 4.69) is 213 Å². The van der Waals surface area contributed by atoms with Crippen molar-refractivity contribution in [2.45, 2.75) is 26.2 Å². The number of anilines is 6. The number of furan rings is 1. The predicted octanol–water partition coefficient (Wildman–Crippen LogP) is 11.4. The second-order valence-electron chi connectivity index (χ2n) is 18.8. The summed E-state index contributed by atoms with van der Waals surface area (Å²) in [5.74, 6) is 3.45. The molecule has 0 fully saturated rings. The van der Waals surface area contributed by atoms with Crippen LogP contribution in [-0.2, 0) is 5.41 Å². The summed E-state index contributed by atoms with van der Waals surface area (Å²) >= 11 is 0. The fourth-order valence-corrected chi connectivity index (χ4v) is 11.2. The van der Waals surface area contributed by atoms with Crippen molar-refractivity contribution in [3.63, 3.8) is 0 Å². The topological polar surface area (TPSA) is 38.1 Å². The molecule has 5 heterocycles. The van der Waals surface area contributed by atoms with E-state index in [1.54, 1.807) is 0 Å². The maximum atomic E-state index is 7.24. The molecule has 4 aliphatic rings. The molecule has 0 amide bonds. The standard InChI is InChI=1S/C58H40B2N2O3/c1-58(2,3)35-31-53-56-54(32-35)64-52-34-49-43(33-44(52)60(56)42-24-10-14-30-51(42)63-53)59-41-23-9-12-26-46(41)61(36-17-5-4-6-18-36)47-27-16-28-48(55(47)59)62(49)45-25-11-7-19-37(45)39-21-15-22-40-38-20-8-13-29-50(38)65-57(39)40/h4-34H,1-3H3. The fourth-order valence-electron chi connectivity index (χ4n) is 11.2. The first-order chi connectivity index (χ1) is 31.9. The Bertz CT molecular complexity index is 3650. The molecule has 5 nitrogen and oxygen atoms in total. The van der Waals surface area contributed by atoms with Gasteiger partial charge in [0.2, 0.25) is 0 Å². The highest BCUT2D eigenvalue weighted by Crippen LogP contribution is 2.49. The molecule has 9 aromatic carbocycles. The molecule has 0 unspecified atom stereocenters. The van der Waals surface area contributed by atoms with Crippen LogP contribution in [0.4, 0.5) is 34.1 Å². The highest BCUT2D eigenvalue weighted by atomic mass is 16.5. The third-order valence-corrected chi connectivity index (χ3v) is 14.1. The SMILES string of the molecule is CC(C)(C)c1cc2c3c(c1)Oc1cc4c(cc1B3c1ccccc1O2)B1c2ccccc2N(c2ccccc2)c2cccc(c21)N4c1ccccc1-c1cccc2c1oc1ccccc12. The second-order valence-corrected chi connectivity index (χ2v) is 18.8. The van der Waals surface area contributed by atoms with Crippen LogP contribution in [0.15, 0.2) is 192 Å². The molecule has 65 heavy (non-hydrogen) atoms. The van der Waals surface area contributed by atoms with Crippen molar-refractivity contribution in [1.29, 1.82) is 0 Å². The largest absolute Gasteiger partial charge is 0.458 e. The molecule has 0 spiro atoms. The van der Waals surface area contributed by atoms with Crippen molar-refractivity contribution in [2.24, 2.45) is 0 Å². The van der Waals surface area contributed by atoms with E-state index in [0.29, 0.717) is 0 Å². The van der Waals surface area contributed by atoms with Gasteiger partial charge >= 0.3 is 0 Å². The summed E-state index contributed by atoms with van der Waals surface area (Å²) in [7, 11) is 0. The third-order valence-electron chi connectivity index (χ3n) is 14.1. The normalized spacial score (nSPS) is 13.9. The molecule has 0 bridgehead atoms. The monoisotopic (exact) mass is 834 g/mol. The lowest BCUT2D eigenvalue weighted by molar-refractivity contribution is 0.458. The van der Waals surface area contributed by atoms with Gasteiger partial charge in [0.25, 0.3) is 13.4 Å². The van der Waals surface area contributed by atoms with Crippen LogP contribution < -0.4 is 52.1 Å². The van der Waals surface area contributed by atoms with E-state index in [1.165, 1.54) is 27.6 Å². The molecule has 14 rings (SSSR count). The lowest BCUT2D eigenvalue weighted by atomic mass is 9.31. The number of hydrogen-bond acceptors (Lipinski definition) is 5. The average Bonchev–Trinajstić information content (AvgIpc) is 3.72. The van der Waals surface area contributed by atoms with Gasteiger partial charge in [-0.2, -0.15) is 0 Å². The van der Waals surface area contributed by atoms with Crippen LogP contribution in [0.5, 0.6) is 23.0 Å². The third kappa shape index (κ3) is 5.18. The van der Waals surface area contributed by atoms with Crippen molar-refractivity contribution >= 4 is 102 Å². The Morgan fingerprint density at radius 3 is 1.85 bits per heavy atom. The van der Waals surface area contributed by atoms with Crippen molar-refractivity contribution in [3.05, 3.63) is 194 Å². The summed E-state index contributed by atoms with van der Waals surface area (Å²) in [4.78, 5) is 4.94. The molecule has 0 radical (unpaired) electrons. The van der Waals surface area contributed by atoms with Gasteiger partial charge in [0.1, 0.15) is 34.2 Å². The van der Waals surface area contributed by atoms with E-state index < -0.39 is 0 Å². The van der Waals surface area contributed by atoms with Gasteiger partial charge in [0.05, 0.1) is 5.69 Å². The van der Waals surface area contributed by atoms with Gasteiger partial charge in [-0.1, -0.05) is 142 Å². The molecule has 0 atom stereocenters. The highest BCUT2D eigenvalue weighted by molar-refractivity contribution is 7.02. The zero-order valence-corrected chi connectivity index (χ0v) is 36.2. The summed E-state index contributed by atoms with van der Waals surface area (Å²) in [6, 6.07) is 68.0. The van der Waals surface area contributed by atoms with Crippen LogP contribution in [0.2, 0.25) is 0 Å². The number of ether oxygens (including phenoxy) is 2. The number of fused-ring (bicyclic) bond motifs is 11. The van der Waals surface area contributed by atoms with Crippen LogP contribution in [0.3, 0.4) is 0 Å². The Morgan fingerprint density at radius 2 is 1.02 bits per heavy atom. The Balaban J connectivity index is 1.07. The molecule has 1 aromatic heterocycles. The van der Waals surface area contributed by atoms with Gasteiger partial charge in [-0.25, -0.2) is 0 Å². The number of rotatable bonds is 3. The summed E-state index contributed by atoms with van der Waals surface area (Å²) < 4.78 is 20.8. The summed E-state index contributed by atoms with van der Waals surface area (Å²) in [6.45, 7) is 6.58. The zero-order chi connectivity index (χ0) is 43.1. The Hall–Kier alpha value is -7.89. The lowest BCUT2D eigenvalue weighted by Crippen LogP contribution is -2.63. The number of hydrogen-bond donors (Lipinski definition) is 0. The van der Waals surface area contributed by atoms with Crippen molar-refractivity contribution in [3.8, 4) is 34.1 Å². The molecular formula is C58H40B2N2O3. The van der Waals surface area contributed by atoms with Crippen molar-refractivity contribution in [1.82, 2.24) is 0 Å². The van der Waals surface area contributed by atoms with Crippen molar-refractivity contribution in [2.75, 3.05) is 9.80 Å². The van der Waals surface area contributed by atoms with Crippen LogP contribution in [0.25, 0.3) is 33.1 Å². The fraction of sp³-hybridized carbons (Fsp3) is 0.0690. The Morgan fingerprint density at radius 1 is 0.400 bits per heavy atom. The maximum Gasteiger partial charge on any atom is 0.260 e. The van der Waals surface area contributed by atoms with E-state index in [0.717, 1.165) is 101 Å². The van der Waals surface area contributed by atoms with Gasteiger partial charge in [0.15, 0.2) is 0 Å². The quantitative estimate of drug-likeness (QED) is 0.166. The van der Waals surface area contributed by atoms with Gasteiger partial charge in [-0.05, 0) is 99.0 Å². The number of nitrogens with zero attached hydrogens (tertiary/aromatic N) is 2. The van der Waals surface area contributed by atoms with Crippen LogP contribution in [0.1, 0.15) is 26.3 Å². The van der Waals surface area contributed by atoms with Gasteiger partial charge in [0, 0.05) is 61.9 Å². The molecule has 4 aliphatic heterocycles. The molecule has 0 saturated carbocycles. The first-order valence-electron chi connectivity index (χ1n) is 22.6. The van der Waals surface area contributed by atoms with Crippen molar-refractivity contribution < 1.29 is 13.9 Å². The Labute approximate surface area is 378 Å². The van der Waals surface area contributed by atoms with Crippen LogP contribution >= 0.6 is 0 Å². The zero-order valence-electron chi connectivity index (χ0n) is 36.2. The van der Waals surface area contributed by atoms with Gasteiger partial charge < -0.3 is 23.7 Å². The highest BCUT2D eigenvalue weighted by Gasteiger charge is 2.47. The number of para-hydroxylation sites is 6. The van der Waals surface area contributed by atoms with E-state index in [4.69, 9.17) is 13.9 Å². The van der Waals surface area contributed by atoms with E-state index in [-0.39, 0.29) is 18.8 Å². The molecule has 10 aromatic rings. The lowest BCUT2D eigenvalue weighted by Gasteiger charge is -2.45. The molecular weight excluding hydrogens is 794 g/mol. The minimum Gasteiger partial charge on any atom is -0.458 e. The minimum atomic E-state index is -0.118. The molecule has 0 saturated heterocycles. The van der Waals surface area contributed by atoms with Crippen LogP contribution in [0, 0.1) is 0 Å². The smallest absolute Gasteiger partial charge is 0.260 e. The van der Waals surface area contributed by atoms with Crippen LogP contribution in [-0.4, -0.2) is 13.4 Å². The molecule has 0 aliphatic carbocycles. The summed E-state index contributed by atoms with van der Waals surface area (Å²) in [5.41, 5.74) is 18.8. The van der Waals surface area contributed by atoms with E-state index in [9.17, 15) is 0 Å². The molecule has 306 valence electrons. The van der Waals surface area contributed by atoms with Gasteiger partial charge in [-0.3, -0.25) is 0 Å². The summed E-state index contributed by atoms with van der Waals surface area (Å²) in [6.07, 6.45) is 0. The predicted molar refractivity (Wildman–Crippen MR) is 270 cm³/mol. The minimum absolute atomic E-state index is 0.0703. The van der Waals surface area contributed by atoms with E-state index in [1.807, 2.05) is 6.07 Å². The molecule has 7 heteroatoms. The average molecular weight is 835 g/mol. The molecule has 0 N–H and O–H groups in total. The van der Waals surface area contributed by atoms with Gasteiger partial charge in [-0.15, -0.1) is 0 Å². The van der Waals surface area contributed by atoms with E-state index >= 15 is 0 Å². The first kappa shape index (κ1) is 36.6. The number of benzene rings is 9. The summed E-state index contributed by atoms with van der Waals surface area (Å²) in [5, 5.41) is 2.22. The second kappa shape index (κ2) is 13.3.